The molecule has 1 N–H and O–H groups in total. The number of hydrogen-bond donors (Lipinski definition) is 1. The Balaban J connectivity index is 1.09. The van der Waals surface area contributed by atoms with Crippen molar-refractivity contribution in [2.75, 3.05) is 13.2 Å². The molecule has 0 atom stereocenters. The Labute approximate surface area is 209 Å². The maximum Gasteiger partial charge on any atom is 0.259 e. The molecule has 180 valence electrons. The Morgan fingerprint density at radius 2 is 1.36 bits per heavy atom. The van der Waals surface area contributed by atoms with Gasteiger partial charge in [0.05, 0.1) is 24.1 Å². The molecule has 1 aromatic heterocycles. The van der Waals surface area contributed by atoms with Crippen molar-refractivity contribution in [2.45, 2.75) is 13.0 Å². The number of nitrogens with one attached hydrogen (secondary N) is 1. The molecule has 0 bridgehead atoms. The molecule has 5 aromatic rings. The van der Waals surface area contributed by atoms with E-state index >= 15 is 0 Å². The predicted molar refractivity (Wildman–Crippen MR) is 141 cm³/mol. The molecule has 6 heteroatoms. The summed E-state index contributed by atoms with van der Waals surface area (Å²) in [7, 11) is 0. The van der Waals surface area contributed by atoms with Gasteiger partial charge in [-0.3, -0.25) is 4.79 Å². The van der Waals surface area contributed by atoms with E-state index in [0.29, 0.717) is 42.3 Å². The van der Waals surface area contributed by atoms with Crippen LogP contribution in [0.5, 0.6) is 17.2 Å². The first-order valence-corrected chi connectivity index (χ1v) is 11.9. The van der Waals surface area contributed by atoms with Crippen LogP contribution in [0.3, 0.4) is 0 Å². The molecule has 36 heavy (non-hydrogen) atoms. The van der Waals surface area contributed by atoms with E-state index in [1.165, 1.54) is 0 Å². The monoisotopic (exact) mass is 478 g/mol. The highest BCUT2D eigenvalue weighted by Gasteiger charge is 2.07. The van der Waals surface area contributed by atoms with Crippen LogP contribution in [0.15, 0.2) is 108 Å². The minimum atomic E-state index is -0.158. The average molecular weight is 479 g/mol. The van der Waals surface area contributed by atoms with Gasteiger partial charge in [0.15, 0.2) is 0 Å². The van der Waals surface area contributed by atoms with Gasteiger partial charge in [-0.25, -0.2) is 4.98 Å². The Bertz CT molecular complexity index is 1480. The van der Waals surface area contributed by atoms with Crippen LogP contribution in [0, 0.1) is 0 Å². The highest BCUT2D eigenvalue weighted by molar-refractivity contribution is 5.79. The summed E-state index contributed by atoms with van der Waals surface area (Å²) < 4.78 is 17.5. The summed E-state index contributed by atoms with van der Waals surface area (Å²) in [6.07, 6.45) is 0.724. The molecule has 0 aliphatic rings. The van der Waals surface area contributed by atoms with Crippen LogP contribution in [-0.2, 0) is 6.61 Å². The number of H-pyrrole nitrogens is 1. The van der Waals surface area contributed by atoms with Crippen LogP contribution >= 0.6 is 0 Å². The van der Waals surface area contributed by atoms with Gasteiger partial charge in [-0.05, 0) is 54.1 Å². The zero-order valence-electron chi connectivity index (χ0n) is 19.7. The van der Waals surface area contributed by atoms with Crippen molar-refractivity contribution in [2.24, 2.45) is 0 Å². The van der Waals surface area contributed by atoms with Crippen LogP contribution < -0.4 is 19.8 Å². The summed E-state index contributed by atoms with van der Waals surface area (Å²) in [5.41, 5.74) is 2.43. The van der Waals surface area contributed by atoms with Gasteiger partial charge in [-0.2, -0.15) is 0 Å². The van der Waals surface area contributed by atoms with Crippen molar-refractivity contribution >= 4 is 10.9 Å². The van der Waals surface area contributed by atoms with Crippen molar-refractivity contribution in [1.82, 2.24) is 9.97 Å². The topological polar surface area (TPSA) is 73.4 Å². The van der Waals surface area contributed by atoms with Crippen LogP contribution in [-0.4, -0.2) is 23.2 Å². The van der Waals surface area contributed by atoms with Gasteiger partial charge in [0.2, 0.25) is 0 Å². The third kappa shape index (κ3) is 5.91. The van der Waals surface area contributed by atoms with Gasteiger partial charge in [0.1, 0.15) is 29.7 Å². The van der Waals surface area contributed by atoms with Gasteiger partial charge >= 0.3 is 0 Å². The Morgan fingerprint density at radius 3 is 2.17 bits per heavy atom. The second kappa shape index (κ2) is 11.2. The minimum Gasteiger partial charge on any atom is -0.493 e. The van der Waals surface area contributed by atoms with E-state index in [2.05, 4.69) is 9.97 Å². The minimum absolute atomic E-state index is 0.158. The number of ether oxygens (including phenoxy) is 3. The lowest BCUT2D eigenvalue weighted by molar-refractivity contribution is 0.247. The van der Waals surface area contributed by atoms with Crippen LogP contribution in [0.25, 0.3) is 22.3 Å². The molecule has 0 unspecified atom stereocenters. The third-order valence-electron chi connectivity index (χ3n) is 5.62. The standard InChI is InChI=1S/C30H26N2O4/c33-30-27-12-4-5-13-28(27)31-29(32-30)23-10-6-11-26(20-23)35-19-7-18-34-24-14-16-25(17-15-24)36-21-22-8-2-1-3-9-22/h1-6,8-17,20H,7,18-19,21H2,(H,31,32,33). The Hall–Kier alpha value is -4.58. The van der Waals surface area contributed by atoms with Crippen molar-refractivity contribution in [1.29, 1.82) is 0 Å². The van der Waals surface area contributed by atoms with Crippen molar-refractivity contribution in [3.63, 3.8) is 0 Å². The van der Waals surface area contributed by atoms with Crippen LogP contribution in [0.2, 0.25) is 0 Å². The normalized spacial score (nSPS) is 10.8. The van der Waals surface area contributed by atoms with E-state index < -0.39 is 0 Å². The summed E-state index contributed by atoms with van der Waals surface area (Å²) in [5.74, 6) is 2.82. The molecule has 0 aliphatic carbocycles. The van der Waals surface area contributed by atoms with E-state index in [9.17, 15) is 4.79 Å². The van der Waals surface area contributed by atoms with Gasteiger partial charge < -0.3 is 19.2 Å². The Kier molecular flexibility index (Phi) is 7.23. The van der Waals surface area contributed by atoms with Gasteiger partial charge in [0.25, 0.3) is 5.56 Å². The number of aromatic nitrogens is 2. The average Bonchev–Trinajstić information content (AvgIpc) is 2.93. The SMILES string of the molecule is O=c1[nH]c(-c2cccc(OCCCOc3ccc(OCc4ccccc4)cc3)c2)nc2ccccc12. The molecular weight excluding hydrogens is 452 g/mol. The second-order valence-corrected chi connectivity index (χ2v) is 8.26. The lowest BCUT2D eigenvalue weighted by Crippen LogP contribution is -2.09. The number of hydrogen-bond acceptors (Lipinski definition) is 5. The summed E-state index contributed by atoms with van der Waals surface area (Å²) in [5, 5.41) is 0.572. The van der Waals surface area contributed by atoms with Gasteiger partial charge in [0, 0.05) is 12.0 Å². The molecule has 0 amide bonds. The molecule has 1 heterocycles. The summed E-state index contributed by atoms with van der Waals surface area (Å²) in [4.78, 5) is 19.8. The lowest BCUT2D eigenvalue weighted by atomic mass is 10.2. The highest BCUT2D eigenvalue weighted by atomic mass is 16.5. The van der Waals surface area contributed by atoms with E-state index in [0.717, 1.165) is 29.0 Å². The van der Waals surface area contributed by atoms with E-state index in [4.69, 9.17) is 14.2 Å². The molecule has 0 saturated heterocycles. The molecule has 4 aromatic carbocycles. The second-order valence-electron chi connectivity index (χ2n) is 8.26. The molecule has 0 radical (unpaired) electrons. The number of fused-ring (bicyclic) bond motifs is 1. The molecular formula is C30H26N2O4. The fourth-order valence-corrected chi connectivity index (χ4v) is 3.77. The summed E-state index contributed by atoms with van der Waals surface area (Å²) >= 11 is 0. The third-order valence-corrected chi connectivity index (χ3v) is 5.62. The number of aromatic amines is 1. The maximum absolute atomic E-state index is 12.4. The zero-order valence-corrected chi connectivity index (χ0v) is 19.7. The molecule has 5 rings (SSSR count). The molecule has 0 aliphatic heterocycles. The van der Waals surface area contributed by atoms with Crippen molar-refractivity contribution in [3.05, 3.63) is 119 Å². The van der Waals surface area contributed by atoms with Gasteiger partial charge in [-0.15, -0.1) is 0 Å². The number of benzene rings is 4. The van der Waals surface area contributed by atoms with Crippen LogP contribution in [0.4, 0.5) is 0 Å². The van der Waals surface area contributed by atoms with E-state index in [1.807, 2.05) is 97.1 Å². The number of rotatable bonds is 10. The first-order chi connectivity index (χ1) is 17.7. The van der Waals surface area contributed by atoms with Crippen LogP contribution in [0.1, 0.15) is 12.0 Å². The number of para-hydroxylation sites is 1. The summed E-state index contributed by atoms with van der Waals surface area (Å²) in [6, 6.07) is 32.5. The zero-order chi connectivity index (χ0) is 24.6. The largest absolute Gasteiger partial charge is 0.493 e. The first kappa shape index (κ1) is 23.2. The molecule has 6 nitrogen and oxygen atoms in total. The van der Waals surface area contributed by atoms with Crippen molar-refractivity contribution in [3.8, 4) is 28.6 Å². The van der Waals surface area contributed by atoms with Crippen molar-refractivity contribution < 1.29 is 14.2 Å². The fraction of sp³-hybridized carbons (Fsp3) is 0.133. The van der Waals surface area contributed by atoms with Gasteiger partial charge in [-0.1, -0.05) is 54.6 Å². The smallest absolute Gasteiger partial charge is 0.259 e. The maximum atomic E-state index is 12.4. The Morgan fingerprint density at radius 1 is 0.667 bits per heavy atom. The predicted octanol–water partition coefficient (Wildman–Crippen LogP) is 6.02. The fourth-order valence-electron chi connectivity index (χ4n) is 3.77. The number of nitrogens with zero attached hydrogens (tertiary/aromatic N) is 1. The lowest BCUT2D eigenvalue weighted by Gasteiger charge is -2.10. The molecule has 0 spiro atoms. The summed E-state index contributed by atoms with van der Waals surface area (Å²) in [6.45, 7) is 1.57. The van der Waals surface area contributed by atoms with E-state index in [-0.39, 0.29) is 5.56 Å². The first-order valence-electron chi connectivity index (χ1n) is 11.9. The molecule has 0 saturated carbocycles. The molecule has 0 fully saturated rings. The highest BCUT2D eigenvalue weighted by Crippen LogP contribution is 2.22. The van der Waals surface area contributed by atoms with E-state index in [1.54, 1.807) is 6.07 Å². The quantitative estimate of drug-likeness (QED) is 0.249.